The van der Waals surface area contributed by atoms with Gasteiger partial charge in [0.25, 0.3) is 0 Å². The molecule has 1 aromatic heterocycles. The molecule has 5 nitrogen and oxygen atoms in total. The SMILES string of the molecule is CC(C)C(O)CNS(=O)(=O)c1cccc2cnccc12. The number of sulfonamides is 1. The van der Waals surface area contributed by atoms with E-state index in [2.05, 4.69) is 9.71 Å². The van der Waals surface area contributed by atoms with Crippen LogP contribution in [0.4, 0.5) is 0 Å². The van der Waals surface area contributed by atoms with Crippen LogP contribution in [-0.2, 0) is 10.0 Å². The van der Waals surface area contributed by atoms with Gasteiger partial charge in [-0.15, -0.1) is 0 Å². The summed E-state index contributed by atoms with van der Waals surface area (Å²) in [5.41, 5.74) is 0. The third-order valence-corrected chi connectivity index (χ3v) is 4.66. The average molecular weight is 294 g/mol. The Bertz CT molecular complexity index is 693. The topological polar surface area (TPSA) is 79.3 Å². The van der Waals surface area contributed by atoms with E-state index in [1.165, 1.54) is 0 Å². The van der Waals surface area contributed by atoms with Gasteiger partial charge in [0.1, 0.15) is 0 Å². The number of pyridine rings is 1. The quantitative estimate of drug-likeness (QED) is 0.876. The summed E-state index contributed by atoms with van der Waals surface area (Å²) >= 11 is 0. The van der Waals surface area contributed by atoms with Gasteiger partial charge in [0, 0.05) is 29.7 Å². The highest BCUT2D eigenvalue weighted by Gasteiger charge is 2.19. The zero-order valence-electron chi connectivity index (χ0n) is 11.4. The molecular weight excluding hydrogens is 276 g/mol. The monoisotopic (exact) mass is 294 g/mol. The first-order valence-electron chi connectivity index (χ1n) is 6.42. The highest BCUT2D eigenvalue weighted by atomic mass is 32.2. The maximum Gasteiger partial charge on any atom is 0.241 e. The van der Waals surface area contributed by atoms with E-state index >= 15 is 0 Å². The molecule has 0 radical (unpaired) electrons. The summed E-state index contributed by atoms with van der Waals surface area (Å²) < 4.78 is 27.1. The summed E-state index contributed by atoms with van der Waals surface area (Å²) in [6.07, 6.45) is 2.48. The van der Waals surface area contributed by atoms with Crippen molar-refractivity contribution in [1.29, 1.82) is 0 Å². The van der Waals surface area contributed by atoms with Crippen LogP contribution in [0.15, 0.2) is 41.6 Å². The van der Waals surface area contributed by atoms with Crippen molar-refractivity contribution in [2.75, 3.05) is 6.54 Å². The smallest absolute Gasteiger partial charge is 0.241 e. The molecule has 0 spiro atoms. The molecule has 2 rings (SSSR count). The molecule has 1 aromatic carbocycles. The van der Waals surface area contributed by atoms with Gasteiger partial charge >= 0.3 is 0 Å². The minimum Gasteiger partial charge on any atom is -0.391 e. The minimum absolute atomic E-state index is 0.00146. The summed E-state index contributed by atoms with van der Waals surface area (Å²) in [7, 11) is -3.65. The van der Waals surface area contributed by atoms with Crippen LogP contribution in [0.25, 0.3) is 10.8 Å². The van der Waals surface area contributed by atoms with Crippen LogP contribution in [0.1, 0.15) is 13.8 Å². The molecule has 6 heteroatoms. The van der Waals surface area contributed by atoms with Crippen LogP contribution < -0.4 is 4.72 Å². The van der Waals surface area contributed by atoms with Crippen molar-refractivity contribution in [3.8, 4) is 0 Å². The molecule has 0 saturated carbocycles. The third kappa shape index (κ3) is 3.15. The Morgan fingerprint density at radius 2 is 2.05 bits per heavy atom. The molecule has 1 heterocycles. The molecule has 0 fully saturated rings. The largest absolute Gasteiger partial charge is 0.391 e. The predicted molar refractivity (Wildman–Crippen MR) is 77.8 cm³/mol. The maximum absolute atomic E-state index is 12.3. The van der Waals surface area contributed by atoms with E-state index in [1.54, 1.807) is 30.6 Å². The van der Waals surface area contributed by atoms with Gasteiger partial charge in [-0.3, -0.25) is 4.98 Å². The van der Waals surface area contributed by atoms with Crippen molar-refractivity contribution >= 4 is 20.8 Å². The number of benzene rings is 1. The van der Waals surface area contributed by atoms with Crippen molar-refractivity contribution in [1.82, 2.24) is 9.71 Å². The van der Waals surface area contributed by atoms with Crippen LogP contribution in [0.2, 0.25) is 0 Å². The summed E-state index contributed by atoms with van der Waals surface area (Å²) in [5, 5.41) is 11.1. The molecule has 1 unspecified atom stereocenters. The average Bonchev–Trinajstić information content (AvgIpc) is 2.44. The predicted octanol–water partition coefficient (Wildman–Crippen LogP) is 1.53. The second-order valence-electron chi connectivity index (χ2n) is 5.02. The van der Waals surface area contributed by atoms with Crippen molar-refractivity contribution in [2.24, 2.45) is 5.92 Å². The van der Waals surface area contributed by atoms with Gasteiger partial charge in [-0.1, -0.05) is 26.0 Å². The highest BCUT2D eigenvalue weighted by Crippen LogP contribution is 2.21. The number of aliphatic hydroxyl groups excluding tert-OH is 1. The lowest BCUT2D eigenvalue weighted by molar-refractivity contribution is 0.129. The van der Waals surface area contributed by atoms with Crippen molar-refractivity contribution in [3.05, 3.63) is 36.7 Å². The molecule has 0 aliphatic heterocycles. The maximum atomic E-state index is 12.3. The van der Waals surface area contributed by atoms with Crippen LogP contribution in [-0.4, -0.2) is 31.2 Å². The van der Waals surface area contributed by atoms with E-state index in [0.29, 0.717) is 5.39 Å². The van der Waals surface area contributed by atoms with Gasteiger partial charge in [0.2, 0.25) is 10.0 Å². The molecular formula is C14H18N2O3S. The number of aliphatic hydroxyl groups is 1. The van der Waals surface area contributed by atoms with Crippen LogP contribution in [0.5, 0.6) is 0 Å². The number of aromatic nitrogens is 1. The van der Waals surface area contributed by atoms with Crippen LogP contribution in [0.3, 0.4) is 0 Å². The summed E-state index contributed by atoms with van der Waals surface area (Å²) in [6.45, 7) is 3.67. The summed E-state index contributed by atoms with van der Waals surface area (Å²) in [6, 6.07) is 6.71. The van der Waals surface area contributed by atoms with E-state index in [-0.39, 0.29) is 17.4 Å². The zero-order valence-corrected chi connectivity index (χ0v) is 12.3. The van der Waals surface area contributed by atoms with E-state index in [9.17, 15) is 13.5 Å². The number of rotatable bonds is 5. The molecule has 2 aromatic rings. The Labute approximate surface area is 118 Å². The van der Waals surface area contributed by atoms with Crippen LogP contribution >= 0.6 is 0 Å². The van der Waals surface area contributed by atoms with Crippen molar-refractivity contribution in [3.63, 3.8) is 0 Å². The lowest BCUT2D eigenvalue weighted by Gasteiger charge is -2.15. The zero-order chi connectivity index (χ0) is 14.8. The van der Waals surface area contributed by atoms with E-state index in [4.69, 9.17) is 0 Å². The fourth-order valence-corrected chi connectivity index (χ4v) is 3.11. The van der Waals surface area contributed by atoms with E-state index < -0.39 is 16.1 Å². The van der Waals surface area contributed by atoms with Crippen LogP contribution in [0, 0.1) is 5.92 Å². The van der Waals surface area contributed by atoms with E-state index in [1.807, 2.05) is 19.9 Å². The van der Waals surface area contributed by atoms with Gasteiger partial charge < -0.3 is 5.11 Å². The first kappa shape index (κ1) is 14.9. The van der Waals surface area contributed by atoms with Crippen molar-refractivity contribution < 1.29 is 13.5 Å². The fraction of sp³-hybridized carbons (Fsp3) is 0.357. The fourth-order valence-electron chi connectivity index (χ4n) is 1.84. The molecule has 0 bridgehead atoms. The van der Waals surface area contributed by atoms with Gasteiger partial charge in [0.15, 0.2) is 0 Å². The molecule has 2 N–H and O–H groups in total. The molecule has 0 aliphatic carbocycles. The molecule has 20 heavy (non-hydrogen) atoms. The van der Waals surface area contributed by atoms with Gasteiger partial charge in [-0.2, -0.15) is 0 Å². The second kappa shape index (κ2) is 5.87. The Hall–Kier alpha value is -1.50. The number of hydrogen-bond acceptors (Lipinski definition) is 4. The summed E-state index contributed by atoms with van der Waals surface area (Å²) in [4.78, 5) is 4.18. The Morgan fingerprint density at radius 1 is 1.30 bits per heavy atom. The molecule has 108 valence electrons. The van der Waals surface area contributed by atoms with Gasteiger partial charge in [0.05, 0.1) is 11.0 Å². The lowest BCUT2D eigenvalue weighted by atomic mass is 10.1. The van der Waals surface area contributed by atoms with Gasteiger partial charge in [-0.25, -0.2) is 13.1 Å². The standard InChI is InChI=1S/C14H18N2O3S/c1-10(2)13(17)9-16-20(18,19)14-5-3-4-11-8-15-7-6-12(11)14/h3-8,10,13,16-17H,9H2,1-2H3. The normalized spacial score (nSPS) is 13.8. The number of hydrogen-bond donors (Lipinski definition) is 2. The molecule has 1 atom stereocenters. The first-order chi connectivity index (χ1) is 9.42. The summed E-state index contributed by atoms with van der Waals surface area (Å²) in [5.74, 6) is -0.00517. The molecule has 0 amide bonds. The Kier molecular flexibility index (Phi) is 4.37. The molecule has 0 saturated heterocycles. The van der Waals surface area contributed by atoms with E-state index in [0.717, 1.165) is 5.39 Å². The Morgan fingerprint density at radius 3 is 2.75 bits per heavy atom. The van der Waals surface area contributed by atoms with Gasteiger partial charge in [-0.05, 0) is 18.1 Å². The number of fused-ring (bicyclic) bond motifs is 1. The molecule has 0 aliphatic rings. The first-order valence-corrected chi connectivity index (χ1v) is 7.90. The third-order valence-electron chi connectivity index (χ3n) is 3.18. The minimum atomic E-state index is -3.65. The Balaban J connectivity index is 2.33. The second-order valence-corrected chi connectivity index (χ2v) is 6.75. The van der Waals surface area contributed by atoms with Crippen molar-refractivity contribution in [2.45, 2.75) is 24.8 Å². The lowest BCUT2D eigenvalue weighted by Crippen LogP contribution is -2.34. The highest BCUT2D eigenvalue weighted by molar-refractivity contribution is 7.89. The number of nitrogens with one attached hydrogen (secondary N) is 1. The number of nitrogens with zero attached hydrogens (tertiary/aromatic N) is 1.